The maximum atomic E-state index is 12.2. The van der Waals surface area contributed by atoms with Crippen LogP contribution < -0.4 is 11.1 Å². The molecule has 3 saturated carbocycles. The number of amides is 2. The summed E-state index contributed by atoms with van der Waals surface area (Å²) in [6.45, 7) is 1.42. The lowest BCUT2D eigenvalue weighted by molar-refractivity contribution is -0.137. The number of rotatable bonds is 6. The molecule has 1 saturated heterocycles. The van der Waals surface area contributed by atoms with Gasteiger partial charge >= 0.3 is 0 Å². The maximum absolute atomic E-state index is 12.2. The first kappa shape index (κ1) is 25.5. The number of nitrogens with zero attached hydrogens (tertiary/aromatic N) is 1. The van der Waals surface area contributed by atoms with Gasteiger partial charge in [-0.3, -0.25) is 9.59 Å². The van der Waals surface area contributed by atoms with Gasteiger partial charge in [0.15, 0.2) is 0 Å². The third-order valence-electron chi connectivity index (χ3n) is 8.46. The smallest absolute Gasteiger partial charge is 0.242 e. The molecule has 1 aliphatic heterocycles. The van der Waals surface area contributed by atoms with Crippen molar-refractivity contribution < 1.29 is 9.59 Å². The van der Waals surface area contributed by atoms with Crippen LogP contribution in [-0.4, -0.2) is 42.4 Å². The highest BCUT2D eigenvalue weighted by molar-refractivity contribution is 5.88. The van der Waals surface area contributed by atoms with Crippen molar-refractivity contribution in [3.8, 4) is 0 Å². The third-order valence-corrected chi connectivity index (χ3v) is 8.46. The van der Waals surface area contributed by atoms with E-state index in [9.17, 15) is 9.59 Å². The number of nitrogens with two attached hydrogens (primary N) is 1. The zero-order valence-electron chi connectivity index (χ0n) is 20.5. The topological polar surface area (TPSA) is 75.4 Å². The molecule has 1 atom stereocenters. The second-order valence-electron chi connectivity index (χ2n) is 10.9. The normalized spacial score (nSPS) is 25.8. The minimum Gasteiger partial charge on any atom is -0.354 e. The lowest BCUT2D eigenvalue weighted by atomic mass is 9.78. The minimum atomic E-state index is -0.292. The Hall–Kier alpha value is -1.10. The quantitative estimate of drug-likeness (QED) is 0.590. The van der Waals surface area contributed by atoms with E-state index >= 15 is 0 Å². The maximum Gasteiger partial charge on any atom is 0.242 e. The van der Waals surface area contributed by atoms with Gasteiger partial charge < -0.3 is 16.0 Å². The molecule has 4 fully saturated rings. The highest BCUT2D eigenvalue weighted by Crippen LogP contribution is 2.34. The molecular formula is C27H49N3O2. The van der Waals surface area contributed by atoms with Crippen LogP contribution in [0.25, 0.3) is 0 Å². The van der Waals surface area contributed by atoms with Gasteiger partial charge in [0.05, 0.1) is 6.54 Å². The van der Waals surface area contributed by atoms with Crippen LogP contribution in [0, 0.1) is 17.8 Å². The fourth-order valence-corrected chi connectivity index (χ4v) is 6.53. The van der Waals surface area contributed by atoms with E-state index in [4.69, 9.17) is 5.73 Å². The zero-order valence-corrected chi connectivity index (χ0v) is 20.5. The van der Waals surface area contributed by atoms with Gasteiger partial charge in [-0.05, 0) is 49.9 Å². The molecule has 0 aromatic rings. The first-order valence-corrected chi connectivity index (χ1v) is 13.9. The van der Waals surface area contributed by atoms with Crippen LogP contribution in [0.4, 0.5) is 0 Å². The summed E-state index contributed by atoms with van der Waals surface area (Å²) < 4.78 is 0. The van der Waals surface area contributed by atoms with Gasteiger partial charge in [0, 0.05) is 13.1 Å². The number of nitrogens with one attached hydrogen (secondary N) is 1. The molecule has 4 aliphatic rings. The van der Waals surface area contributed by atoms with Gasteiger partial charge in [0.1, 0.15) is 6.04 Å². The summed E-state index contributed by atoms with van der Waals surface area (Å²) >= 11 is 0. The number of hydrogen-bond donors (Lipinski definition) is 2. The van der Waals surface area contributed by atoms with Crippen molar-refractivity contribution in [3.63, 3.8) is 0 Å². The molecule has 0 aromatic carbocycles. The van der Waals surface area contributed by atoms with E-state index in [1.54, 1.807) is 37.0 Å². The van der Waals surface area contributed by atoms with Gasteiger partial charge in [0.25, 0.3) is 0 Å². The molecule has 0 spiro atoms. The molecule has 0 radical (unpaired) electrons. The Labute approximate surface area is 196 Å². The van der Waals surface area contributed by atoms with Crippen molar-refractivity contribution in [2.45, 2.75) is 122 Å². The van der Waals surface area contributed by atoms with E-state index in [-0.39, 0.29) is 24.4 Å². The van der Waals surface area contributed by atoms with Crippen LogP contribution in [0.5, 0.6) is 0 Å². The van der Waals surface area contributed by atoms with E-state index in [1.165, 1.54) is 70.6 Å². The predicted octanol–water partition coefficient (Wildman–Crippen LogP) is 5.17. The lowest BCUT2D eigenvalue weighted by Crippen LogP contribution is -2.48. The second-order valence-corrected chi connectivity index (χ2v) is 10.9. The summed E-state index contributed by atoms with van der Waals surface area (Å²) in [6.07, 6.45) is 24.9. The Balaban J connectivity index is 0.000000193. The highest BCUT2D eigenvalue weighted by Gasteiger charge is 2.33. The number of hydrogen-bond acceptors (Lipinski definition) is 3. The second kappa shape index (κ2) is 14.2. The molecule has 5 nitrogen and oxygen atoms in total. The summed E-state index contributed by atoms with van der Waals surface area (Å²) in [5.41, 5.74) is 5.38. The van der Waals surface area contributed by atoms with Crippen molar-refractivity contribution in [2.75, 3.05) is 19.6 Å². The summed E-state index contributed by atoms with van der Waals surface area (Å²) in [4.78, 5) is 25.5. The average molecular weight is 448 g/mol. The van der Waals surface area contributed by atoms with E-state index in [0.29, 0.717) is 12.5 Å². The predicted molar refractivity (Wildman–Crippen MR) is 131 cm³/mol. The van der Waals surface area contributed by atoms with Crippen molar-refractivity contribution in [2.24, 2.45) is 23.5 Å². The molecule has 0 bridgehead atoms. The van der Waals surface area contributed by atoms with Crippen molar-refractivity contribution in [1.29, 1.82) is 0 Å². The van der Waals surface area contributed by atoms with Gasteiger partial charge in [-0.1, -0.05) is 83.5 Å². The van der Waals surface area contributed by atoms with Gasteiger partial charge in [-0.25, -0.2) is 0 Å². The Morgan fingerprint density at radius 3 is 1.69 bits per heavy atom. The van der Waals surface area contributed by atoms with Crippen LogP contribution >= 0.6 is 0 Å². The molecule has 3 N–H and O–H groups in total. The van der Waals surface area contributed by atoms with Crippen LogP contribution in [0.1, 0.15) is 116 Å². The SMILES string of the molecule is C1CCC(CC2CCCCC2)CC1.NCC(=O)N1CCCC1C(=O)NCC1CCCCC1. The number of carbonyl (C=O) groups excluding carboxylic acids is 2. The Bertz CT molecular complexity index is 533. The first-order chi connectivity index (χ1) is 15.7. The molecule has 0 aromatic heterocycles. The molecule has 4 rings (SSSR count). The minimum absolute atomic E-state index is 0.00451. The summed E-state index contributed by atoms with van der Waals surface area (Å²) in [5.74, 6) is 2.76. The van der Waals surface area contributed by atoms with Gasteiger partial charge in [-0.15, -0.1) is 0 Å². The highest BCUT2D eigenvalue weighted by atomic mass is 16.2. The third kappa shape index (κ3) is 8.35. The van der Waals surface area contributed by atoms with Crippen LogP contribution in [0.3, 0.4) is 0 Å². The summed E-state index contributed by atoms with van der Waals surface area (Å²) in [7, 11) is 0. The molecule has 3 aliphatic carbocycles. The number of likely N-dealkylation sites (tertiary alicyclic amines) is 1. The Kier molecular flexibility index (Phi) is 11.3. The first-order valence-electron chi connectivity index (χ1n) is 13.9. The Morgan fingerprint density at radius 2 is 1.19 bits per heavy atom. The monoisotopic (exact) mass is 447 g/mol. The fourth-order valence-electron chi connectivity index (χ4n) is 6.53. The molecule has 32 heavy (non-hydrogen) atoms. The van der Waals surface area contributed by atoms with E-state index in [0.717, 1.165) is 31.2 Å². The number of carbonyl (C=O) groups is 2. The van der Waals surface area contributed by atoms with E-state index in [1.807, 2.05) is 0 Å². The van der Waals surface area contributed by atoms with Crippen LogP contribution in [-0.2, 0) is 9.59 Å². The van der Waals surface area contributed by atoms with Crippen molar-refractivity contribution in [3.05, 3.63) is 0 Å². The molecule has 1 heterocycles. The van der Waals surface area contributed by atoms with Crippen LogP contribution in [0.2, 0.25) is 0 Å². The van der Waals surface area contributed by atoms with Gasteiger partial charge in [-0.2, -0.15) is 0 Å². The fraction of sp³-hybridized carbons (Fsp3) is 0.926. The largest absolute Gasteiger partial charge is 0.354 e. The molecule has 5 heteroatoms. The average Bonchev–Trinajstić information content (AvgIpc) is 3.35. The van der Waals surface area contributed by atoms with Crippen molar-refractivity contribution >= 4 is 11.8 Å². The molecule has 184 valence electrons. The molecule has 2 amide bonds. The Morgan fingerprint density at radius 1 is 0.688 bits per heavy atom. The van der Waals surface area contributed by atoms with E-state index < -0.39 is 0 Å². The summed E-state index contributed by atoms with van der Waals surface area (Å²) in [6, 6.07) is -0.292. The zero-order chi connectivity index (χ0) is 22.6. The van der Waals surface area contributed by atoms with Crippen molar-refractivity contribution in [1.82, 2.24) is 10.2 Å². The molecule has 1 unspecified atom stereocenters. The standard InChI is InChI=1S/C14H25N3O2.C13H24/c15-9-13(18)17-8-4-7-12(17)14(19)16-10-11-5-2-1-3-6-11;1-3-7-12(8-4-1)11-13-9-5-2-6-10-13/h11-12H,1-10,15H2,(H,16,19);12-13H,1-11H2. The lowest BCUT2D eigenvalue weighted by Gasteiger charge is -2.28. The van der Waals surface area contributed by atoms with E-state index in [2.05, 4.69) is 5.32 Å². The van der Waals surface area contributed by atoms with Gasteiger partial charge in [0.2, 0.25) is 11.8 Å². The summed E-state index contributed by atoms with van der Waals surface area (Å²) in [5, 5.41) is 3.03. The van der Waals surface area contributed by atoms with Crippen LogP contribution in [0.15, 0.2) is 0 Å². The molecular weight excluding hydrogens is 398 g/mol.